The maximum atomic E-state index is 14.0. The number of aromatic carboxylic acids is 1. The molecule has 1 N–H and O–H groups in total. The van der Waals surface area contributed by atoms with Crippen LogP contribution in [0.3, 0.4) is 0 Å². The Balaban J connectivity index is 1.44. The van der Waals surface area contributed by atoms with E-state index < -0.39 is 64.8 Å². The fourth-order valence-corrected chi connectivity index (χ4v) is 6.63. The number of aryl methyl sites for hydroxylation is 1. The van der Waals surface area contributed by atoms with Crippen molar-refractivity contribution >= 4 is 11.7 Å². The van der Waals surface area contributed by atoms with E-state index in [0.29, 0.717) is 34.4 Å². The van der Waals surface area contributed by atoms with Crippen LogP contribution in [0.5, 0.6) is 5.75 Å². The maximum Gasteiger partial charge on any atom is 0.433 e. The third-order valence-electron chi connectivity index (χ3n) is 8.95. The molecule has 0 spiro atoms. The standard InChI is InChI=1S/C35H25F9N2O4/c1-16-9-18(32(47)48)3-5-22(16)17-4-8-28(49-2)26(12-17)27-15-45-29(35(42,43)44)14-25(27)23-6-7-24-30(23)46-50-31(24)19-10-20(33(36,37)38)13-21(11-19)34(39,40)41/h3-5,8-15,23-24,31H,6-7H2,1-2H3,(H,47,48)/t23-,24+,31+/m0/s1. The van der Waals surface area contributed by atoms with Crippen LogP contribution in [0.4, 0.5) is 39.5 Å². The molecule has 0 amide bonds. The number of rotatable bonds is 6. The second-order valence-corrected chi connectivity index (χ2v) is 12.0. The molecule has 0 bridgehead atoms. The summed E-state index contributed by atoms with van der Waals surface area (Å²) in [5.41, 5.74) is -1.99. The Labute approximate surface area is 278 Å². The summed E-state index contributed by atoms with van der Waals surface area (Å²) >= 11 is 0. The van der Waals surface area contributed by atoms with Gasteiger partial charge in [0.15, 0.2) is 6.10 Å². The molecule has 1 saturated carbocycles. The first-order chi connectivity index (χ1) is 23.4. The molecule has 0 unspecified atom stereocenters. The predicted octanol–water partition coefficient (Wildman–Crippen LogP) is 10.1. The molecule has 15 heteroatoms. The van der Waals surface area contributed by atoms with Crippen LogP contribution in [0.2, 0.25) is 0 Å². The van der Waals surface area contributed by atoms with Gasteiger partial charge in [-0.15, -0.1) is 0 Å². The highest BCUT2D eigenvalue weighted by molar-refractivity contribution is 5.98. The Kier molecular flexibility index (Phi) is 8.59. The highest BCUT2D eigenvalue weighted by Gasteiger charge is 2.47. The zero-order valence-corrected chi connectivity index (χ0v) is 26.0. The number of methoxy groups -OCH3 is 1. The first kappa shape index (κ1) is 34.8. The van der Waals surface area contributed by atoms with Gasteiger partial charge in [-0.25, -0.2) is 4.79 Å². The number of benzene rings is 3. The highest BCUT2D eigenvalue weighted by Crippen LogP contribution is 2.51. The Morgan fingerprint density at radius 2 is 1.50 bits per heavy atom. The van der Waals surface area contributed by atoms with E-state index in [0.717, 1.165) is 12.3 Å². The number of hydrogen-bond donors (Lipinski definition) is 1. The molecule has 0 saturated heterocycles. The Hall–Kier alpha value is -5.08. The molecule has 1 fully saturated rings. The normalized spacial score (nSPS) is 19.2. The first-order valence-corrected chi connectivity index (χ1v) is 15.0. The van der Waals surface area contributed by atoms with Crippen LogP contribution in [-0.4, -0.2) is 28.9 Å². The Morgan fingerprint density at radius 1 is 0.820 bits per heavy atom. The van der Waals surface area contributed by atoms with Crippen molar-refractivity contribution in [1.29, 1.82) is 0 Å². The SMILES string of the molecule is COc1ccc(-c2ccc(C(=O)O)cc2C)cc1-c1cnc(C(F)(F)F)cc1[C@@H]1CC[C@@H]2C1=NO[C@@H]2c1cc(C(F)(F)F)cc(C(F)(F)F)c1. The van der Waals surface area contributed by atoms with Gasteiger partial charge in [0.25, 0.3) is 0 Å². The van der Waals surface area contributed by atoms with E-state index in [1.54, 1.807) is 31.2 Å². The maximum absolute atomic E-state index is 14.0. The molecule has 3 aromatic carbocycles. The van der Waals surface area contributed by atoms with Gasteiger partial charge < -0.3 is 14.7 Å². The molecule has 1 aromatic heterocycles. The zero-order chi connectivity index (χ0) is 36.3. The van der Waals surface area contributed by atoms with E-state index in [9.17, 15) is 49.4 Å². The van der Waals surface area contributed by atoms with Gasteiger partial charge in [0, 0.05) is 29.2 Å². The van der Waals surface area contributed by atoms with E-state index in [4.69, 9.17) is 9.57 Å². The molecule has 0 radical (unpaired) electrons. The van der Waals surface area contributed by atoms with E-state index in [2.05, 4.69) is 10.1 Å². The van der Waals surface area contributed by atoms with Gasteiger partial charge in [0.05, 0.1) is 29.5 Å². The van der Waals surface area contributed by atoms with Crippen molar-refractivity contribution in [1.82, 2.24) is 4.98 Å². The summed E-state index contributed by atoms with van der Waals surface area (Å²) < 4.78 is 129. The number of carboxylic acids is 1. The fourth-order valence-electron chi connectivity index (χ4n) is 6.63. The Morgan fingerprint density at radius 3 is 2.08 bits per heavy atom. The number of oxime groups is 1. The average Bonchev–Trinajstić information content (AvgIpc) is 3.65. The van der Waals surface area contributed by atoms with Crippen molar-refractivity contribution in [3.63, 3.8) is 0 Å². The lowest BCUT2D eigenvalue weighted by atomic mass is 9.85. The summed E-state index contributed by atoms with van der Waals surface area (Å²) in [7, 11) is 1.36. The number of fused-ring (bicyclic) bond motifs is 1. The summed E-state index contributed by atoms with van der Waals surface area (Å²) in [6.45, 7) is 1.70. The van der Waals surface area contributed by atoms with Crippen LogP contribution < -0.4 is 4.74 Å². The second kappa shape index (κ2) is 12.4. The lowest BCUT2D eigenvalue weighted by Gasteiger charge is -2.20. The van der Waals surface area contributed by atoms with Gasteiger partial charge in [0.2, 0.25) is 0 Å². The number of aromatic nitrogens is 1. The highest BCUT2D eigenvalue weighted by atomic mass is 19.4. The third kappa shape index (κ3) is 6.48. The second-order valence-electron chi connectivity index (χ2n) is 12.0. The van der Waals surface area contributed by atoms with Crippen LogP contribution in [0, 0.1) is 12.8 Å². The van der Waals surface area contributed by atoms with Gasteiger partial charge in [-0.2, -0.15) is 39.5 Å². The monoisotopic (exact) mass is 708 g/mol. The molecule has 4 aromatic rings. The van der Waals surface area contributed by atoms with Gasteiger partial charge >= 0.3 is 24.5 Å². The van der Waals surface area contributed by atoms with Crippen LogP contribution in [0.15, 0.2) is 72.0 Å². The number of alkyl halides is 9. The van der Waals surface area contributed by atoms with Crippen molar-refractivity contribution in [2.75, 3.05) is 7.11 Å². The van der Waals surface area contributed by atoms with Gasteiger partial charge in [-0.1, -0.05) is 17.3 Å². The van der Waals surface area contributed by atoms with Gasteiger partial charge in [-0.05, 0) is 96.1 Å². The summed E-state index contributed by atoms with van der Waals surface area (Å²) in [5, 5.41) is 13.4. The third-order valence-corrected chi connectivity index (χ3v) is 8.95. The minimum Gasteiger partial charge on any atom is -0.496 e. The molecule has 262 valence electrons. The molecule has 6 rings (SSSR count). The molecular weight excluding hydrogens is 683 g/mol. The molecule has 1 aliphatic heterocycles. The van der Waals surface area contributed by atoms with Crippen LogP contribution in [0.25, 0.3) is 22.3 Å². The van der Waals surface area contributed by atoms with Crippen LogP contribution in [-0.2, 0) is 23.4 Å². The number of pyridine rings is 1. The molecule has 2 aliphatic rings. The lowest BCUT2D eigenvalue weighted by Crippen LogP contribution is -2.18. The zero-order valence-electron chi connectivity index (χ0n) is 26.0. The first-order valence-electron chi connectivity index (χ1n) is 15.0. The number of halogens is 9. The van der Waals surface area contributed by atoms with Gasteiger partial charge in [0.1, 0.15) is 11.4 Å². The molecule has 3 atom stereocenters. The van der Waals surface area contributed by atoms with E-state index in [-0.39, 0.29) is 47.1 Å². The predicted molar refractivity (Wildman–Crippen MR) is 162 cm³/mol. The van der Waals surface area contributed by atoms with Crippen molar-refractivity contribution in [2.24, 2.45) is 11.1 Å². The fraction of sp³-hybridized carbons (Fsp3) is 0.286. The molecular formula is C35H25F9N2O4. The Bertz CT molecular complexity index is 1990. The summed E-state index contributed by atoms with van der Waals surface area (Å²) in [4.78, 5) is 20.6. The molecule has 6 nitrogen and oxygen atoms in total. The largest absolute Gasteiger partial charge is 0.496 e. The van der Waals surface area contributed by atoms with Crippen molar-refractivity contribution in [3.8, 4) is 28.0 Å². The summed E-state index contributed by atoms with van der Waals surface area (Å²) in [6.07, 6.45) is -15.1. The molecule has 50 heavy (non-hydrogen) atoms. The van der Waals surface area contributed by atoms with Gasteiger partial charge in [-0.3, -0.25) is 4.98 Å². The minimum absolute atomic E-state index is 0.00307. The summed E-state index contributed by atoms with van der Waals surface area (Å²) in [5.74, 6) is -2.57. The van der Waals surface area contributed by atoms with Crippen LogP contribution in [0.1, 0.15) is 68.7 Å². The van der Waals surface area contributed by atoms with E-state index >= 15 is 0 Å². The topological polar surface area (TPSA) is 81.0 Å². The van der Waals surface area contributed by atoms with E-state index in [1.807, 2.05) is 0 Å². The number of nitrogens with zero attached hydrogens (tertiary/aromatic N) is 2. The molecule has 1 aliphatic carbocycles. The number of ether oxygens (including phenoxy) is 1. The smallest absolute Gasteiger partial charge is 0.433 e. The van der Waals surface area contributed by atoms with Crippen LogP contribution >= 0.6 is 0 Å². The lowest BCUT2D eigenvalue weighted by molar-refractivity contribution is -0.143. The van der Waals surface area contributed by atoms with Crippen molar-refractivity contribution in [3.05, 3.63) is 106 Å². The quantitative estimate of drug-likeness (QED) is 0.202. The number of carbonyl (C=O) groups is 1. The average molecular weight is 709 g/mol. The molecule has 2 heterocycles. The number of carboxylic acid groups (broad SMARTS) is 1. The van der Waals surface area contributed by atoms with E-state index in [1.165, 1.54) is 19.2 Å². The number of hydrogen-bond acceptors (Lipinski definition) is 5. The minimum atomic E-state index is -5.10. The summed E-state index contributed by atoms with van der Waals surface area (Å²) in [6, 6.07) is 11.4. The van der Waals surface area contributed by atoms with Crippen molar-refractivity contribution < 1.29 is 59.0 Å². The van der Waals surface area contributed by atoms with Crippen molar-refractivity contribution in [2.45, 2.75) is 50.3 Å².